The second kappa shape index (κ2) is 9.77. The molecule has 0 heterocycles. The van der Waals surface area contributed by atoms with Crippen LogP contribution in [0.5, 0.6) is 0 Å². The molecule has 4 aromatic rings. The van der Waals surface area contributed by atoms with Gasteiger partial charge in [0.15, 0.2) is 0 Å². The molecule has 0 aliphatic rings. The van der Waals surface area contributed by atoms with Crippen molar-refractivity contribution in [3.05, 3.63) is 108 Å². The predicted octanol–water partition coefficient (Wildman–Crippen LogP) is 4.89. The minimum Gasteiger partial charge on any atom is -0.326 e. The van der Waals surface area contributed by atoms with Gasteiger partial charge in [0.05, 0.1) is 4.90 Å². The Balaban J connectivity index is 1.33. The van der Waals surface area contributed by atoms with Crippen LogP contribution < -0.4 is 10.0 Å². The number of hydrogen-bond acceptors (Lipinski definition) is 3. The minimum absolute atomic E-state index is 0.0809. The first-order valence-corrected chi connectivity index (χ1v) is 11.9. The van der Waals surface area contributed by atoms with Gasteiger partial charge < -0.3 is 5.32 Å². The molecule has 0 atom stereocenters. The quantitative estimate of drug-likeness (QED) is 0.406. The van der Waals surface area contributed by atoms with Crippen molar-refractivity contribution in [2.45, 2.75) is 24.3 Å². The SMILES string of the molecule is O=C(CCc1ccc(S(=O)(=O)NCc2ccccc2)cc1)Nc1cccc2ccccc12. The van der Waals surface area contributed by atoms with Gasteiger partial charge in [-0.15, -0.1) is 0 Å². The molecule has 0 spiro atoms. The van der Waals surface area contributed by atoms with Crippen molar-refractivity contribution in [1.82, 2.24) is 4.72 Å². The average Bonchev–Trinajstić information content (AvgIpc) is 2.83. The van der Waals surface area contributed by atoms with E-state index in [9.17, 15) is 13.2 Å². The van der Waals surface area contributed by atoms with Crippen LogP contribution in [-0.4, -0.2) is 14.3 Å². The summed E-state index contributed by atoms with van der Waals surface area (Å²) in [5.41, 5.74) is 2.59. The molecule has 1 amide bonds. The zero-order valence-electron chi connectivity index (χ0n) is 17.5. The Labute approximate surface area is 188 Å². The molecule has 2 N–H and O–H groups in total. The van der Waals surface area contributed by atoms with Gasteiger partial charge in [-0.3, -0.25) is 4.79 Å². The molecule has 0 unspecified atom stereocenters. The maximum atomic E-state index is 12.5. The summed E-state index contributed by atoms with van der Waals surface area (Å²) in [6, 6.07) is 29.7. The van der Waals surface area contributed by atoms with Crippen molar-refractivity contribution in [2.24, 2.45) is 0 Å². The third-order valence-electron chi connectivity index (χ3n) is 5.25. The van der Waals surface area contributed by atoms with Crippen LogP contribution in [0.3, 0.4) is 0 Å². The fourth-order valence-electron chi connectivity index (χ4n) is 3.50. The summed E-state index contributed by atoms with van der Waals surface area (Å²) in [7, 11) is -3.60. The molecule has 0 saturated heterocycles. The molecule has 0 aliphatic carbocycles. The van der Waals surface area contributed by atoms with Gasteiger partial charge in [-0.05, 0) is 41.1 Å². The van der Waals surface area contributed by atoms with Crippen LogP contribution in [0.25, 0.3) is 10.8 Å². The van der Waals surface area contributed by atoms with E-state index in [1.54, 1.807) is 24.3 Å². The van der Waals surface area contributed by atoms with E-state index >= 15 is 0 Å². The number of sulfonamides is 1. The van der Waals surface area contributed by atoms with Crippen LogP contribution in [0.15, 0.2) is 102 Å². The van der Waals surface area contributed by atoms with Crippen LogP contribution >= 0.6 is 0 Å². The Morgan fingerprint density at radius 3 is 2.19 bits per heavy atom. The summed E-state index contributed by atoms with van der Waals surface area (Å²) in [6.45, 7) is 0.235. The first-order chi connectivity index (χ1) is 15.5. The summed E-state index contributed by atoms with van der Waals surface area (Å²) in [5.74, 6) is -0.0809. The molecule has 0 saturated carbocycles. The van der Waals surface area contributed by atoms with Gasteiger partial charge >= 0.3 is 0 Å². The zero-order chi connectivity index (χ0) is 22.4. The Bertz CT molecular complexity index is 1310. The van der Waals surface area contributed by atoms with E-state index < -0.39 is 10.0 Å². The lowest BCUT2D eigenvalue weighted by Crippen LogP contribution is -2.23. The maximum absolute atomic E-state index is 12.5. The van der Waals surface area contributed by atoms with E-state index in [4.69, 9.17) is 0 Å². The number of hydrogen-bond donors (Lipinski definition) is 2. The zero-order valence-corrected chi connectivity index (χ0v) is 18.3. The summed E-state index contributed by atoms with van der Waals surface area (Å²) >= 11 is 0. The van der Waals surface area contributed by atoms with Crippen molar-refractivity contribution < 1.29 is 13.2 Å². The fraction of sp³-hybridized carbons (Fsp3) is 0.115. The molecule has 0 radical (unpaired) electrons. The highest BCUT2D eigenvalue weighted by Crippen LogP contribution is 2.23. The molecule has 4 rings (SSSR count). The lowest BCUT2D eigenvalue weighted by atomic mass is 10.1. The Morgan fingerprint density at radius 1 is 0.719 bits per heavy atom. The molecule has 0 aliphatic heterocycles. The Hall–Kier alpha value is -3.48. The molecule has 0 fully saturated rings. The van der Waals surface area contributed by atoms with E-state index in [2.05, 4.69) is 10.0 Å². The smallest absolute Gasteiger partial charge is 0.240 e. The predicted molar refractivity (Wildman–Crippen MR) is 128 cm³/mol. The Morgan fingerprint density at radius 2 is 1.41 bits per heavy atom. The molecule has 0 aromatic heterocycles. The number of carbonyl (C=O) groups excluding carboxylic acids is 1. The van der Waals surface area contributed by atoms with Crippen molar-refractivity contribution in [3.63, 3.8) is 0 Å². The fourth-order valence-corrected chi connectivity index (χ4v) is 4.52. The molecule has 162 valence electrons. The summed E-state index contributed by atoms with van der Waals surface area (Å²) in [6.07, 6.45) is 0.829. The second-order valence-corrected chi connectivity index (χ2v) is 9.30. The van der Waals surface area contributed by atoms with Crippen molar-refractivity contribution in [1.29, 1.82) is 0 Å². The number of fused-ring (bicyclic) bond motifs is 1. The van der Waals surface area contributed by atoms with Gasteiger partial charge in [-0.25, -0.2) is 13.1 Å². The monoisotopic (exact) mass is 444 g/mol. The molecular weight excluding hydrogens is 420 g/mol. The second-order valence-electron chi connectivity index (χ2n) is 7.53. The number of rotatable bonds is 8. The number of benzene rings is 4. The number of amides is 1. The third kappa shape index (κ3) is 5.41. The lowest BCUT2D eigenvalue weighted by Gasteiger charge is -2.10. The molecular formula is C26H24N2O3S. The van der Waals surface area contributed by atoms with Crippen molar-refractivity contribution in [3.8, 4) is 0 Å². The van der Waals surface area contributed by atoms with Gasteiger partial charge in [0, 0.05) is 24.0 Å². The molecule has 0 bridgehead atoms. The number of nitrogens with one attached hydrogen (secondary N) is 2. The number of anilines is 1. The van der Waals surface area contributed by atoms with E-state index in [0.717, 1.165) is 27.6 Å². The first kappa shape index (κ1) is 21.7. The van der Waals surface area contributed by atoms with Crippen LogP contribution in [0.4, 0.5) is 5.69 Å². The highest BCUT2D eigenvalue weighted by atomic mass is 32.2. The summed E-state index contributed by atoms with van der Waals surface area (Å²) < 4.78 is 27.6. The van der Waals surface area contributed by atoms with E-state index in [-0.39, 0.29) is 17.3 Å². The van der Waals surface area contributed by atoms with Crippen LogP contribution in [-0.2, 0) is 27.8 Å². The van der Waals surface area contributed by atoms with E-state index in [0.29, 0.717) is 12.8 Å². The molecule has 6 heteroatoms. The van der Waals surface area contributed by atoms with E-state index in [1.807, 2.05) is 72.8 Å². The normalized spacial score (nSPS) is 11.4. The topological polar surface area (TPSA) is 75.3 Å². The van der Waals surface area contributed by atoms with Crippen LogP contribution in [0.2, 0.25) is 0 Å². The van der Waals surface area contributed by atoms with E-state index in [1.165, 1.54) is 0 Å². The molecule has 32 heavy (non-hydrogen) atoms. The number of carbonyl (C=O) groups is 1. The van der Waals surface area contributed by atoms with Crippen LogP contribution in [0.1, 0.15) is 17.5 Å². The highest BCUT2D eigenvalue weighted by molar-refractivity contribution is 7.89. The van der Waals surface area contributed by atoms with Gasteiger partial charge in [0.2, 0.25) is 15.9 Å². The number of aryl methyl sites for hydroxylation is 1. The largest absolute Gasteiger partial charge is 0.326 e. The standard InChI is InChI=1S/C26H24N2O3S/c29-26(28-25-12-6-10-22-9-4-5-11-24(22)25)18-15-20-13-16-23(17-14-20)32(30,31)27-19-21-7-2-1-3-8-21/h1-14,16-17,27H,15,18-19H2,(H,28,29). The van der Waals surface area contributed by atoms with Crippen LogP contribution in [0, 0.1) is 0 Å². The summed E-state index contributed by atoms with van der Waals surface area (Å²) in [4.78, 5) is 12.7. The van der Waals surface area contributed by atoms with Crippen molar-refractivity contribution in [2.75, 3.05) is 5.32 Å². The molecule has 5 nitrogen and oxygen atoms in total. The van der Waals surface area contributed by atoms with Gasteiger partial charge in [0.1, 0.15) is 0 Å². The van der Waals surface area contributed by atoms with Crippen molar-refractivity contribution >= 4 is 32.4 Å². The lowest BCUT2D eigenvalue weighted by molar-refractivity contribution is -0.116. The minimum atomic E-state index is -3.60. The summed E-state index contributed by atoms with van der Waals surface area (Å²) in [5, 5.41) is 5.05. The highest BCUT2D eigenvalue weighted by Gasteiger charge is 2.14. The average molecular weight is 445 g/mol. The maximum Gasteiger partial charge on any atom is 0.240 e. The first-order valence-electron chi connectivity index (χ1n) is 10.4. The van der Waals surface area contributed by atoms with Gasteiger partial charge in [-0.1, -0.05) is 78.9 Å². The Kier molecular flexibility index (Phi) is 6.63. The van der Waals surface area contributed by atoms with Gasteiger partial charge in [-0.2, -0.15) is 0 Å². The molecule has 4 aromatic carbocycles. The van der Waals surface area contributed by atoms with Gasteiger partial charge in [0.25, 0.3) is 0 Å². The third-order valence-corrected chi connectivity index (χ3v) is 6.66.